The number of benzene rings is 1. The van der Waals surface area contributed by atoms with Gasteiger partial charge in [-0.15, -0.1) is 0 Å². The lowest BCUT2D eigenvalue weighted by Gasteiger charge is -2.35. The number of urea groups is 1. The second-order valence-electron chi connectivity index (χ2n) is 13.4. The number of nitrogens with zero attached hydrogens (tertiary/aromatic N) is 2. The number of hydrogen-bond donors (Lipinski definition) is 3. The summed E-state index contributed by atoms with van der Waals surface area (Å²) in [7, 11) is -4.41. The van der Waals surface area contributed by atoms with Gasteiger partial charge in [0.15, 0.2) is 0 Å². The van der Waals surface area contributed by atoms with Gasteiger partial charge in [-0.2, -0.15) is 13.1 Å². The topological polar surface area (TPSA) is 154 Å². The smallest absolute Gasteiger partial charge is 0.419 e. The van der Waals surface area contributed by atoms with E-state index in [1.807, 2.05) is 42.0 Å². The van der Waals surface area contributed by atoms with E-state index in [4.69, 9.17) is 4.74 Å². The van der Waals surface area contributed by atoms with E-state index in [-0.39, 0.29) is 36.9 Å². The summed E-state index contributed by atoms with van der Waals surface area (Å²) >= 11 is 0. The Balaban J connectivity index is 1.58. The van der Waals surface area contributed by atoms with Crippen molar-refractivity contribution >= 4 is 34.1 Å². The SMILES string of the molecule is CC(C)(C)OC(=O)N(C(=O)NS(=O)(=O)NCCc1ccccc1)C1CCCCC/C=C\C2CC2(C)NC(=O)C2CCCN2C1=O. The lowest BCUT2D eigenvalue weighted by Crippen LogP contribution is -2.60. The minimum Gasteiger partial charge on any atom is -0.443 e. The first kappa shape index (κ1) is 34.4. The molecule has 4 atom stereocenters. The molecule has 0 spiro atoms. The first-order valence-electron chi connectivity index (χ1n) is 15.9. The van der Waals surface area contributed by atoms with E-state index in [0.29, 0.717) is 30.6 Å². The Kier molecular flexibility index (Phi) is 11.0. The molecule has 1 aromatic carbocycles. The molecular formula is C32H47N5O7S. The van der Waals surface area contributed by atoms with Crippen LogP contribution in [0.1, 0.15) is 84.6 Å². The minimum absolute atomic E-state index is 0.000214. The molecule has 248 valence electrons. The van der Waals surface area contributed by atoms with Crippen molar-refractivity contribution in [1.82, 2.24) is 24.6 Å². The van der Waals surface area contributed by atoms with E-state index >= 15 is 0 Å². The molecule has 0 aromatic heterocycles. The van der Waals surface area contributed by atoms with Crippen LogP contribution in [0.4, 0.5) is 9.59 Å². The molecule has 12 nitrogen and oxygen atoms in total. The van der Waals surface area contributed by atoms with Gasteiger partial charge in [0.1, 0.15) is 17.7 Å². The van der Waals surface area contributed by atoms with Crippen LogP contribution < -0.4 is 14.8 Å². The summed E-state index contributed by atoms with van der Waals surface area (Å²) in [6.45, 7) is 7.10. The van der Waals surface area contributed by atoms with Crippen LogP contribution in [0.3, 0.4) is 0 Å². The second kappa shape index (κ2) is 14.3. The van der Waals surface area contributed by atoms with Gasteiger partial charge in [-0.3, -0.25) is 9.59 Å². The molecule has 45 heavy (non-hydrogen) atoms. The summed E-state index contributed by atoms with van der Waals surface area (Å²) in [5.41, 5.74) is -0.521. The molecule has 5 amide bonds. The maximum absolute atomic E-state index is 14.2. The molecule has 3 aliphatic rings. The lowest BCUT2D eigenvalue weighted by atomic mass is 10.0. The fourth-order valence-electron chi connectivity index (χ4n) is 5.92. The molecule has 4 rings (SSSR count). The van der Waals surface area contributed by atoms with Gasteiger partial charge in [0.05, 0.1) is 0 Å². The van der Waals surface area contributed by atoms with Crippen molar-refractivity contribution in [3.63, 3.8) is 0 Å². The average molecular weight is 646 g/mol. The van der Waals surface area contributed by atoms with Gasteiger partial charge in [-0.1, -0.05) is 55.3 Å². The standard InChI is InChI=1S/C32H47N5O7S/c1-31(2,3)44-30(41)37(29(40)35-45(42,43)33-20-19-23-14-9-8-10-15-23)26-17-12-7-5-6-11-16-24-22-32(24,4)34-27(38)25-18-13-21-36(25)28(26)39/h8-11,14-16,24-26,33H,5-7,12-13,17-22H2,1-4H3,(H,34,38)(H,35,40)/b16-11-. The monoisotopic (exact) mass is 645 g/mol. The number of allylic oxidation sites excluding steroid dienone is 1. The van der Waals surface area contributed by atoms with Crippen molar-refractivity contribution in [1.29, 1.82) is 0 Å². The van der Waals surface area contributed by atoms with Crippen molar-refractivity contribution in [3.05, 3.63) is 48.0 Å². The third-order valence-electron chi connectivity index (χ3n) is 8.44. The van der Waals surface area contributed by atoms with Gasteiger partial charge in [-0.25, -0.2) is 19.2 Å². The highest BCUT2D eigenvalue weighted by Gasteiger charge is 2.51. The van der Waals surface area contributed by atoms with Gasteiger partial charge in [0.2, 0.25) is 11.8 Å². The summed E-state index contributed by atoms with van der Waals surface area (Å²) < 4.78 is 35.6. The van der Waals surface area contributed by atoms with Crippen molar-refractivity contribution in [2.24, 2.45) is 5.92 Å². The number of ether oxygens (including phenoxy) is 1. The van der Waals surface area contributed by atoms with Crippen molar-refractivity contribution in [2.75, 3.05) is 13.1 Å². The number of nitrogens with one attached hydrogen (secondary N) is 3. The number of imide groups is 1. The first-order valence-corrected chi connectivity index (χ1v) is 17.3. The van der Waals surface area contributed by atoms with Crippen LogP contribution in [0.15, 0.2) is 42.5 Å². The fraction of sp³-hybridized carbons (Fsp3) is 0.625. The number of amides is 5. The molecule has 13 heteroatoms. The van der Waals surface area contributed by atoms with Crippen LogP contribution in [0.2, 0.25) is 0 Å². The minimum atomic E-state index is -4.41. The van der Waals surface area contributed by atoms with E-state index in [0.717, 1.165) is 31.2 Å². The molecule has 1 saturated carbocycles. The third kappa shape index (κ3) is 9.52. The average Bonchev–Trinajstić information content (AvgIpc) is 3.33. The summed E-state index contributed by atoms with van der Waals surface area (Å²) in [6.07, 6.45) is 8.27. The number of rotatable bonds is 6. The zero-order chi connectivity index (χ0) is 32.8. The van der Waals surface area contributed by atoms with Crippen LogP contribution in [0, 0.1) is 5.92 Å². The van der Waals surface area contributed by atoms with Crippen LogP contribution in [-0.4, -0.2) is 78.5 Å². The van der Waals surface area contributed by atoms with Gasteiger partial charge in [-0.05, 0) is 78.2 Å². The van der Waals surface area contributed by atoms with Crippen LogP contribution in [0.25, 0.3) is 0 Å². The van der Waals surface area contributed by atoms with Gasteiger partial charge < -0.3 is 15.0 Å². The number of carbonyl (C=O) groups excluding carboxylic acids is 4. The molecule has 1 aromatic rings. The molecule has 2 heterocycles. The maximum atomic E-state index is 14.2. The Hall–Kier alpha value is -3.45. The van der Waals surface area contributed by atoms with Gasteiger partial charge in [0, 0.05) is 24.5 Å². The van der Waals surface area contributed by atoms with Crippen molar-refractivity contribution in [3.8, 4) is 0 Å². The van der Waals surface area contributed by atoms with E-state index in [1.165, 1.54) is 4.90 Å². The van der Waals surface area contributed by atoms with E-state index in [1.54, 1.807) is 20.8 Å². The maximum Gasteiger partial charge on any atom is 0.419 e. The highest BCUT2D eigenvalue weighted by atomic mass is 32.2. The third-order valence-corrected chi connectivity index (χ3v) is 9.47. The van der Waals surface area contributed by atoms with Gasteiger partial charge >= 0.3 is 22.3 Å². The molecular weight excluding hydrogens is 598 g/mol. The predicted octanol–water partition coefficient (Wildman–Crippen LogP) is 3.78. The normalized spacial score (nSPS) is 26.8. The number of fused-ring (bicyclic) bond motifs is 2. The van der Waals surface area contributed by atoms with E-state index in [9.17, 15) is 27.6 Å². The van der Waals surface area contributed by atoms with Crippen LogP contribution in [-0.2, 0) is 31.0 Å². The molecule has 0 bridgehead atoms. The fourth-order valence-corrected chi connectivity index (χ4v) is 6.69. The summed E-state index contributed by atoms with van der Waals surface area (Å²) in [5.74, 6) is -0.626. The van der Waals surface area contributed by atoms with E-state index in [2.05, 4.69) is 22.2 Å². The summed E-state index contributed by atoms with van der Waals surface area (Å²) in [6, 6.07) is 5.78. The zero-order valence-corrected chi connectivity index (χ0v) is 27.5. The zero-order valence-electron chi connectivity index (χ0n) is 26.7. The number of hydrogen-bond acceptors (Lipinski definition) is 7. The van der Waals surface area contributed by atoms with Crippen LogP contribution in [0.5, 0.6) is 0 Å². The number of carbonyl (C=O) groups is 4. The van der Waals surface area contributed by atoms with E-state index < -0.39 is 45.9 Å². The Morgan fingerprint density at radius 1 is 1.09 bits per heavy atom. The Morgan fingerprint density at radius 2 is 1.82 bits per heavy atom. The Morgan fingerprint density at radius 3 is 2.53 bits per heavy atom. The molecule has 2 aliphatic heterocycles. The largest absolute Gasteiger partial charge is 0.443 e. The predicted molar refractivity (Wildman–Crippen MR) is 169 cm³/mol. The molecule has 3 N–H and O–H groups in total. The Bertz CT molecular complexity index is 1380. The molecule has 1 aliphatic carbocycles. The molecule has 2 fully saturated rings. The highest BCUT2D eigenvalue weighted by Crippen LogP contribution is 2.44. The highest BCUT2D eigenvalue weighted by molar-refractivity contribution is 7.88. The Labute approximate surface area is 266 Å². The quantitative estimate of drug-likeness (QED) is 0.398. The molecule has 0 radical (unpaired) electrons. The summed E-state index contributed by atoms with van der Waals surface area (Å²) in [4.78, 5) is 56.9. The lowest BCUT2D eigenvalue weighted by molar-refractivity contribution is -0.142. The first-order chi connectivity index (χ1) is 21.2. The second-order valence-corrected chi connectivity index (χ2v) is 14.9. The van der Waals surface area contributed by atoms with Crippen molar-refractivity contribution in [2.45, 2.75) is 109 Å². The van der Waals surface area contributed by atoms with Crippen molar-refractivity contribution < 1.29 is 32.3 Å². The van der Waals surface area contributed by atoms with Crippen LogP contribution >= 0.6 is 0 Å². The van der Waals surface area contributed by atoms with Gasteiger partial charge in [0.25, 0.3) is 0 Å². The molecule has 4 unspecified atom stereocenters. The summed E-state index contributed by atoms with van der Waals surface area (Å²) in [5, 5.41) is 3.12. The molecule has 1 saturated heterocycles.